The van der Waals surface area contributed by atoms with Gasteiger partial charge in [0, 0.05) is 31.0 Å². The SMILES string of the molecule is C=C1C(=O)[C@]23CC[C@H]1CC2[C@@]12CCC[C@@](C)(COC1=O)C2[C@H](CN1CCOCC1)C3=O. The number of allylic oxidation sites excluding steroid dienone is 1. The number of ketones is 2. The number of fused-ring (bicyclic) bond motifs is 2. The topological polar surface area (TPSA) is 72.9 Å². The Morgan fingerprint density at radius 1 is 1.13 bits per heavy atom. The molecule has 7 fully saturated rings. The number of rotatable bonds is 2. The minimum Gasteiger partial charge on any atom is -0.465 e. The van der Waals surface area contributed by atoms with E-state index in [1.165, 1.54) is 0 Å². The predicted octanol–water partition coefficient (Wildman–Crippen LogP) is 2.41. The lowest BCUT2D eigenvalue weighted by Crippen LogP contribution is -2.75. The molecule has 5 saturated carbocycles. The van der Waals surface area contributed by atoms with Crippen LogP contribution in [0.15, 0.2) is 12.2 Å². The summed E-state index contributed by atoms with van der Waals surface area (Å²) >= 11 is 0. The van der Waals surface area contributed by atoms with Gasteiger partial charge in [-0.15, -0.1) is 0 Å². The van der Waals surface area contributed by atoms with E-state index in [-0.39, 0.29) is 46.6 Å². The molecule has 0 aromatic heterocycles. The van der Waals surface area contributed by atoms with Gasteiger partial charge in [-0.1, -0.05) is 19.9 Å². The van der Waals surface area contributed by atoms with Crippen LogP contribution >= 0.6 is 0 Å². The van der Waals surface area contributed by atoms with Crippen LogP contribution in [0, 0.1) is 39.9 Å². The van der Waals surface area contributed by atoms with E-state index >= 15 is 0 Å². The number of ether oxygens (including phenoxy) is 2. The largest absolute Gasteiger partial charge is 0.465 e. The Morgan fingerprint density at radius 2 is 1.90 bits per heavy atom. The second-order valence-corrected chi connectivity index (χ2v) is 11.3. The lowest BCUT2D eigenvalue weighted by atomic mass is 9.33. The normalized spacial score (nSPS) is 49.5. The van der Waals surface area contributed by atoms with Crippen molar-refractivity contribution in [3.05, 3.63) is 12.2 Å². The average Bonchev–Trinajstić information content (AvgIpc) is 2.78. The van der Waals surface area contributed by atoms with E-state index in [0.717, 1.165) is 45.2 Å². The summed E-state index contributed by atoms with van der Waals surface area (Å²) in [5.74, 6) is -0.541. The molecule has 6 heteroatoms. The van der Waals surface area contributed by atoms with Crippen LogP contribution in [-0.2, 0) is 23.9 Å². The van der Waals surface area contributed by atoms with Crippen LogP contribution in [0.3, 0.4) is 0 Å². The van der Waals surface area contributed by atoms with Gasteiger partial charge in [0.1, 0.15) is 0 Å². The van der Waals surface area contributed by atoms with Crippen LogP contribution in [0.1, 0.15) is 45.4 Å². The van der Waals surface area contributed by atoms with Crippen LogP contribution in [-0.4, -0.2) is 61.9 Å². The molecule has 5 aliphatic carbocycles. The molecule has 7 aliphatic rings. The van der Waals surface area contributed by atoms with E-state index in [9.17, 15) is 14.4 Å². The molecule has 0 radical (unpaired) electrons. The summed E-state index contributed by atoms with van der Waals surface area (Å²) in [6.07, 6.45) is 4.84. The van der Waals surface area contributed by atoms with Crippen LogP contribution in [0.5, 0.6) is 0 Å². The van der Waals surface area contributed by atoms with Crippen molar-refractivity contribution in [1.82, 2.24) is 4.90 Å². The Bertz CT molecular complexity index is 877. The molecule has 1 spiro atoms. The summed E-state index contributed by atoms with van der Waals surface area (Å²) in [7, 11) is 0. The van der Waals surface area contributed by atoms with Gasteiger partial charge < -0.3 is 9.47 Å². The third-order valence-electron chi connectivity index (χ3n) is 10.1. The summed E-state index contributed by atoms with van der Waals surface area (Å²) in [6, 6.07) is 0. The minimum atomic E-state index is -1.06. The number of hydrogen-bond acceptors (Lipinski definition) is 6. The summed E-state index contributed by atoms with van der Waals surface area (Å²) in [6.45, 7) is 10.3. The third kappa shape index (κ3) is 2.33. The van der Waals surface area contributed by atoms with Crippen LogP contribution in [0.25, 0.3) is 0 Å². The molecule has 0 amide bonds. The Kier molecular flexibility index (Phi) is 4.22. The fraction of sp³-hybridized carbons (Fsp3) is 0.800. The van der Waals surface area contributed by atoms with Crippen molar-refractivity contribution in [1.29, 1.82) is 0 Å². The number of carbonyl (C=O) groups excluding carboxylic acids is 3. The van der Waals surface area contributed by atoms with Gasteiger partial charge in [0.05, 0.1) is 30.7 Å². The summed E-state index contributed by atoms with van der Waals surface area (Å²) in [5.41, 5.74) is -1.34. The number of nitrogens with zero attached hydrogens (tertiary/aromatic N) is 1. The van der Waals surface area contributed by atoms with Crippen molar-refractivity contribution in [3.8, 4) is 0 Å². The first-order valence-electron chi connectivity index (χ1n) is 12.1. The van der Waals surface area contributed by atoms with Gasteiger partial charge in [-0.3, -0.25) is 19.3 Å². The molecule has 7 atom stereocenters. The van der Waals surface area contributed by atoms with Crippen molar-refractivity contribution in [2.45, 2.75) is 45.4 Å². The highest BCUT2D eigenvalue weighted by atomic mass is 16.5. The van der Waals surface area contributed by atoms with Gasteiger partial charge >= 0.3 is 5.97 Å². The molecule has 7 rings (SSSR count). The molecule has 4 bridgehead atoms. The lowest BCUT2D eigenvalue weighted by molar-refractivity contribution is -0.242. The summed E-state index contributed by atoms with van der Waals surface area (Å²) in [4.78, 5) is 44.1. The highest BCUT2D eigenvalue weighted by Gasteiger charge is 2.78. The molecule has 2 saturated heterocycles. The van der Waals surface area contributed by atoms with Gasteiger partial charge in [0.25, 0.3) is 0 Å². The van der Waals surface area contributed by atoms with E-state index < -0.39 is 10.8 Å². The van der Waals surface area contributed by atoms with Crippen LogP contribution in [0.2, 0.25) is 0 Å². The number of hydrogen-bond donors (Lipinski definition) is 0. The summed E-state index contributed by atoms with van der Waals surface area (Å²) < 4.78 is 11.4. The lowest BCUT2D eigenvalue weighted by Gasteiger charge is -2.69. The maximum atomic E-state index is 14.4. The van der Waals surface area contributed by atoms with Gasteiger partial charge in [-0.2, -0.15) is 0 Å². The maximum absolute atomic E-state index is 14.4. The predicted molar refractivity (Wildman–Crippen MR) is 112 cm³/mol. The van der Waals surface area contributed by atoms with E-state index in [0.29, 0.717) is 38.4 Å². The second-order valence-electron chi connectivity index (χ2n) is 11.3. The van der Waals surface area contributed by atoms with Crippen molar-refractivity contribution >= 4 is 17.5 Å². The van der Waals surface area contributed by atoms with Crippen molar-refractivity contribution in [2.24, 2.45) is 39.9 Å². The Morgan fingerprint density at radius 3 is 2.68 bits per heavy atom. The van der Waals surface area contributed by atoms with Gasteiger partial charge in [0.2, 0.25) is 0 Å². The van der Waals surface area contributed by atoms with Crippen molar-refractivity contribution < 1.29 is 23.9 Å². The number of esters is 1. The minimum absolute atomic E-state index is 0.0404. The first kappa shape index (κ1) is 20.1. The zero-order chi connectivity index (χ0) is 21.6. The second kappa shape index (κ2) is 6.50. The Balaban J connectivity index is 1.53. The number of cyclic esters (lactones) is 1. The van der Waals surface area contributed by atoms with Crippen molar-refractivity contribution in [2.75, 3.05) is 39.5 Å². The fourth-order valence-corrected chi connectivity index (χ4v) is 8.88. The standard InChI is InChI=1S/C25H33NO5/c1-15-16-4-7-25(20(15)27)18(12-16)24-6-3-5-23(2,14-31-22(24)29)19(24)17(21(25)28)13-26-8-10-30-11-9-26/h16-19H,1,3-14H2,2H3/t16-,17-,18?,19?,23-,24+,25-/m0/s1. The molecular weight excluding hydrogens is 394 g/mol. The van der Waals surface area contributed by atoms with Crippen molar-refractivity contribution in [3.63, 3.8) is 0 Å². The first-order chi connectivity index (χ1) is 14.8. The van der Waals surface area contributed by atoms with E-state index in [1.54, 1.807) is 0 Å². The number of Topliss-reactive ketones (excluding diaryl/α,β-unsaturated/α-hetero) is 2. The highest BCUT2D eigenvalue weighted by Crippen LogP contribution is 2.72. The Hall–Kier alpha value is -1.53. The molecule has 2 unspecified atom stereocenters. The molecule has 6 nitrogen and oxygen atoms in total. The van der Waals surface area contributed by atoms with Crippen LogP contribution < -0.4 is 0 Å². The van der Waals surface area contributed by atoms with Gasteiger partial charge in [-0.05, 0) is 55.4 Å². The van der Waals surface area contributed by atoms with Crippen LogP contribution in [0.4, 0.5) is 0 Å². The Labute approximate surface area is 183 Å². The van der Waals surface area contributed by atoms with E-state index in [2.05, 4.69) is 18.4 Å². The maximum Gasteiger partial charge on any atom is 0.312 e. The first-order valence-corrected chi connectivity index (χ1v) is 12.1. The average molecular weight is 428 g/mol. The van der Waals surface area contributed by atoms with E-state index in [1.807, 2.05) is 0 Å². The molecule has 168 valence electrons. The zero-order valence-corrected chi connectivity index (χ0v) is 18.5. The zero-order valence-electron chi connectivity index (χ0n) is 18.5. The number of carbonyl (C=O) groups is 3. The molecule has 0 N–H and O–H groups in total. The monoisotopic (exact) mass is 427 g/mol. The van der Waals surface area contributed by atoms with E-state index in [4.69, 9.17) is 9.47 Å². The molecule has 31 heavy (non-hydrogen) atoms. The van der Waals surface area contributed by atoms with Gasteiger partial charge in [-0.25, -0.2) is 0 Å². The third-order valence-corrected chi connectivity index (χ3v) is 10.1. The smallest absolute Gasteiger partial charge is 0.312 e. The molecule has 2 aliphatic heterocycles. The number of morpholine rings is 1. The fourth-order valence-electron chi connectivity index (χ4n) is 8.88. The highest BCUT2D eigenvalue weighted by molar-refractivity contribution is 6.18. The molecular formula is C25H33NO5. The molecule has 0 aromatic rings. The molecule has 0 aromatic carbocycles. The molecule has 2 heterocycles. The summed E-state index contributed by atoms with van der Waals surface area (Å²) in [5, 5.41) is 0. The van der Waals surface area contributed by atoms with Gasteiger partial charge in [0.15, 0.2) is 11.6 Å². The quantitative estimate of drug-likeness (QED) is 0.383.